The van der Waals surface area contributed by atoms with Crippen molar-refractivity contribution in [3.8, 4) is 22.3 Å². The molecule has 0 amide bonds. The van der Waals surface area contributed by atoms with Crippen molar-refractivity contribution in [1.29, 1.82) is 0 Å². The van der Waals surface area contributed by atoms with Crippen LogP contribution in [0.25, 0.3) is 44.2 Å². The Morgan fingerprint density at radius 2 is 1.02 bits per heavy atom. The van der Waals surface area contributed by atoms with Crippen LogP contribution in [0.4, 0.5) is 34.1 Å². The van der Waals surface area contributed by atoms with E-state index < -0.39 is 0 Å². The van der Waals surface area contributed by atoms with Gasteiger partial charge in [-0.15, -0.1) is 0 Å². The molecule has 4 heteroatoms. The monoisotopic (exact) mass is 744 g/mol. The van der Waals surface area contributed by atoms with Crippen LogP contribution in [0, 0.1) is 0 Å². The van der Waals surface area contributed by atoms with Crippen molar-refractivity contribution in [3.63, 3.8) is 0 Å². The number of hydrogen-bond acceptors (Lipinski definition) is 3. The molecule has 9 aromatic rings. The highest BCUT2D eigenvalue weighted by atomic mass is 16.3. The minimum Gasteiger partial charge on any atom is -0.455 e. The number of nitrogens with zero attached hydrogens (tertiary/aromatic N) is 2. The Morgan fingerprint density at radius 3 is 1.69 bits per heavy atom. The molecule has 3 nitrogen and oxygen atoms in total. The molecule has 1 aromatic heterocycles. The zero-order valence-electron chi connectivity index (χ0n) is 32.3. The molecule has 0 N–H and O–H groups in total. The largest absolute Gasteiger partial charge is 0.455 e. The van der Waals surface area contributed by atoms with Gasteiger partial charge in [-0.1, -0.05) is 147 Å². The van der Waals surface area contributed by atoms with E-state index in [2.05, 4.69) is 192 Å². The van der Waals surface area contributed by atoms with E-state index in [1.807, 2.05) is 0 Å². The summed E-state index contributed by atoms with van der Waals surface area (Å²) in [5, 5.41) is 2.30. The van der Waals surface area contributed by atoms with Crippen molar-refractivity contribution in [3.05, 3.63) is 188 Å². The fourth-order valence-corrected chi connectivity index (χ4v) is 10.4. The molecule has 1 saturated carbocycles. The molecule has 0 spiro atoms. The maximum atomic E-state index is 6.65. The highest BCUT2D eigenvalue weighted by Crippen LogP contribution is 2.48. The first-order chi connectivity index (χ1) is 28.8. The number of fused-ring (bicyclic) bond motifs is 7. The molecule has 8 aromatic carbocycles. The summed E-state index contributed by atoms with van der Waals surface area (Å²) in [6, 6.07) is 67.3. The average Bonchev–Trinajstić information content (AvgIpc) is 3.69. The topological polar surface area (TPSA) is 19.6 Å². The van der Waals surface area contributed by atoms with Crippen molar-refractivity contribution in [2.75, 3.05) is 9.80 Å². The second-order valence-electron chi connectivity index (χ2n) is 16.3. The lowest BCUT2D eigenvalue weighted by Gasteiger charge is -2.45. The van der Waals surface area contributed by atoms with Gasteiger partial charge >= 0.3 is 0 Å². The van der Waals surface area contributed by atoms with Crippen molar-refractivity contribution in [1.82, 2.24) is 0 Å². The molecule has 276 valence electrons. The van der Waals surface area contributed by atoms with Gasteiger partial charge in [0.25, 0.3) is 6.71 Å². The molecule has 0 unspecified atom stereocenters. The second kappa shape index (κ2) is 13.4. The van der Waals surface area contributed by atoms with E-state index in [-0.39, 0.29) is 6.71 Å². The fraction of sp³-hybridized carbons (Fsp3) is 0.111. The Labute approximate surface area is 339 Å². The van der Waals surface area contributed by atoms with E-state index >= 15 is 0 Å². The SMILES string of the molecule is c1ccc(-c2ccc3c(c2)B2c4cc(-c5cccc6c5oc5ccccc56)ccc4N(c4ccccc4)c4cc(C5CCCCC5)cc(c42)N3c2ccccc2)cc1. The number of benzene rings is 8. The summed E-state index contributed by atoms with van der Waals surface area (Å²) in [6.45, 7) is -0.00572. The van der Waals surface area contributed by atoms with Gasteiger partial charge in [-0.3, -0.25) is 0 Å². The van der Waals surface area contributed by atoms with Gasteiger partial charge in [0.2, 0.25) is 0 Å². The third kappa shape index (κ3) is 5.21. The smallest absolute Gasteiger partial charge is 0.252 e. The fourth-order valence-electron chi connectivity index (χ4n) is 10.4. The lowest BCUT2D eigenvalue weighted by molar-refractivity contribution is 0.444. The highest BCUT2D eigenvalue weighted by Gasteiger charge is 2.44. The zero-order chi connectivity index (χ0) is 38.2. The maximum absolute atomic E-state index is 6.65. The third-order valence-electron chi connectivity index (χ3n) is 13.0. The van der Waals surface area contributed by atoms with Gasteiger partial charge in [0.1, 0.15) is 11.2 Å². The second-order valence-corrected chi connectivity index (χ2v) is 16.3. The Hall–Kier alpha value is -6.78. The van der Waals surface area contributed by atoms with Crippen molar-refractivity contribution < 1.29 is 4.42 Å². The van der Waals surface area contributed by atoms with E-state index in [9.17, 15) is 0 Å². The molecule has 3 heterocycles. The van der Waals surface area contributed by atoms with Crippen LogP contribution in [-0.4, -0.2) is 6.71 Å². The number of para-hydroxylation sites is 4. The van der Waals surface area contributed by atoms with Crippen LogP contribution in [0.15, 0.2) is 186 Å². The molecule has 1 aliphatic carbocycles. The number of anilines is 6. The van der Waals surface area contributed by atoms with E-state index in [4.69, 9.17) is 4.42 Å². The molecule has 12 rings (SSSR count). The number of furan rings is 1. The maximum Gasteiger partial charge on any atom is 0.252 e. The molecule has 2 aliphatic heterocycles. The van der Waals surface area contributed by atoms with Crippen LogP contribution in [0.5, 0.6) is 0 Å². The van der Waals surface area contributed by atoms with Gasteiger partial charge < -0.3 is 14.2 Å². The molecule has 58 heavy (non-hydrogen) atoms. The zero-order valence-corrected chi connectivity index (χ0v) is 32.3. The number of rotatable bonds is 5. The standard InChI is InChI=1S/C54H41BN2O/c1-5-16-36(17-6-1)38-28-30-48-46(32-38)55-47-33-39(43-25-15-26-45-44-24-13-14-27-52(44)58-54(43)45)29-31-49(47)57(42-22-11-4-12-23-42)51-35-40(37-18-7-2-8-19-37)34-50(53(51)55)56(48)41-20-9-3-10-21-41/h1,3-6,9-17,20-35,37H,2,7-8,18-19H2. The summed E-state index contributed by atoms with van der Waals surface area (Å²) in [7, 11) is 0. The average molecular weight is 745 g/mol. The highest BCUT2D eigenvalue weighted by molar-refractivity contribution is 7.00. The minimum atomic E-state index is -0.00572. The van der Waals surface area contributed by atoms with Crippen LogP contribution < -0.4 is 26.2 Å². The van der Waals surface area contributed by atoms with Gasteiger partial charge in [0.05, 0.1) is 0 Å². The van der Waals surface area contributed by atoms with Gasteiger partial charge in [0, 0.05) is 50.5 Å². The third-order valence-corrected chi connectivity index (χ3v) is 13.0. The van der Waals surface area contributed by atoms with Gasteiger partial charge in [-0.25, -0.2) is 0 Å². The Morgan fingerprint density at radius 1 is 0.448 bits per heavy atom. The van der Waals surface area contributed by atoms with Gasteiger partial charge in [-0.2, -0.15) is 0 Å². The van der Waals surface area contributed by atoms with Crippen LogP contribution >= 0.6 is 0 Å². The summed E-state index contributed by atoms with van der Waals surface area (Å²) in [5.74, 6) is 0.541. The lowest BCUT2D eigenvalue weighted by atomic mass is 9.33. The van der Waals surface area contributed by atoms with E-state index in [0.29, 0.717) is 5.92 Å². The minimum absolute atomic E-state index is 0.00572. The van der Waals surface area contributed by atoms with E-state index in [0.717, 1.165) is 33.1 Å². The normalized spacial score (nSPS) is 14.7. The lowest BCUT2D eigenvalue weighted by Crippen LogP contribution is -2.61. The molecular weight excluding hydrogens is 703 g/mol. The molecule has 1 fully saturated rings. The number of hydrogen-bond donors (Lipinski definition) is 0. The van der Waals surface area contributed by atoms with Crippen molar-refractivity contribution in [2.45, 2.75) is 38.0 Å². The first-order valence-corrected chi connectivity index (χ1v) is 20.9. The Bertz CT molecular complexity index is 2990. The summed E-state index contributed by atoms with van der Waals surface area (Å²) < 4.78 is 6.65. The quantitative estimate of drug-likeness (QED) is 0.164. The summed E-state index contributed by atoms with van der Waals surface area (Å²) >= 11 is 0. The Balaban J connectivity index is 1.17. The molecule has 0 radical (unpaired) electrons. The molecule has 0 atom stereocenters. The van der Waals surface area contributed by atoms with Crippen LogP contribution in [0.3, 0.4) is 0 Å². The Kier molecular flexibility index (Phi) is 7.72. The summed E-state index contributed by atoms with van der Waals surface area (Å²) in [5.41, 5.74) is 19.4. The first kappa shape index (κ1) is 33.4. The molecule has 0 saturated heterocycles. The summed E-state index contributed by atoms with van der Waals surface area (Å²) in [4.78, 5) is 5.11. The van der Waals surface area contributed by atoms with Gasteiger partial charge in [-0.05, 0) is 112 Å². The van der Waals surface area contributed by atoms with E-state index in [1.165, 1.54) is 99.3 Å². The predicted octanol–water partition coefficient (Wildman–Crippen LogP) is 13.1. The van der Waals surface area contributed by atoms with Crippen molar-refractivity contribution in [2.24, 2.45) is 0 Å². The first-order valence-electron chi connectivity index (χ1n) is 20.9. The molecule has 0 bridgehead atoms. The van der Waals surface area contributed by atoms with Crippen LogP contribution in [-0.2, 0) is 0 Å². The summed E-state index contributed by atoms with van der Waals surface area (Å²) in [6.07, 6.45) is 6.39. The van der Waals surface area contributed by atoms with Gasteiger partial charge in [0.15, 0.2) is 0 Å². The van der Waals surface area contributed by atoms with Crippen molar-refractivity contribution >= 4 is 79.2 Å². The van der Waals surface area contributed by atoms with E-state index in [1.54, 1.807) is 0 Å². The van der Waals surface area contributed by atoms with Crippen LogP contribution in [0.1, 0.15) is 43.6 Å². The van der Waals surface area contributed by atoms with Crippen LogP contribution in [0.2, 0.25) is 0 Å². The predicted molar refractivity (Wildman–Crippen MR) is 244 cm³/mol. The molecule has 3 aliphatic rings. The molecular formula is C54H41BN2O.